The van der Waals surface area contributed by atoms with Gasteiger partial charge in [0.2, 0.25) is 0 Å². The molecule has 6 nitrogen and oxygen atoms in total. The Kier molecular flexibility index (Phi) is 0.999. The minimum Gasteiger partial charge on any atom is -0.258 e. The fourth-order valence-corrected chi connectivity index (χ4v) is 1.23. The van der Waals surface area contributed by atoms with Crippen molar-refractivity contribution in [3.63, 3.8) is 0 Å². The molecule has 0 radical (unpaired) electrons. The van der Waals surface area contributed by atoms with Crippen LogP contribution in [-0.4, -0.2) is 9.85 Å². The minimum atomic E-state index is -0.722. The van der Waals surface area contributed by atoms with Crippen molar-refractivity contribution in [2.24, 2.45) is 0 Å². The average Bonchev–Trinajstić information content (AvgIpc) is 1.91. The number of hydrogen-bond acceptors (Lipinski definition) is 4. The van der Waals surface area contributed by atoms with Gasteiger partial charge in [0.1, 0.15) is 0 Å². The molecular formula is C6H2N2O4. The van der Waals surface area contributed by atoms with E-state index in [1.165, 1.54) is 12.1 Å². The van der Waals surface area contributed by atoms with E-state index in [1.807, 2.05) is 0 Å². The van der Waals surface area contributed by atoms with Gasteiger partial charge in [-0.25, -0.2) is 0 Å². The molecule has 0 aliphatic heterocycles. The monoisotopic (exact) mass is 166 g/mol. The molecule has 0 saturated heterocycles. The van der Waals surface area contributed by atoms with Gasteiger partial charge in [0, 0.05) is 0 Å². The molecule has 0 aromatic rings. The molecule has 0 aromatic carbocycles. The van der Waals surface area contributed by atoms with Crippen LogP contribution in [0.3, 0.4) is 0 Å². The van der Waals surface area contributed by atoms with Crippen LogP contribution in [0.2, 0.25) is 0 Å². The van der Waals surface area contributed by atoms with Crippen molar-refractivity contribution in [3.8, 4) is 0 Å². The van der Waals surface area contributed by atoms with Gasteiger partial charge in [-0.2, -0.15) is 0 Å². The molecule has 0 fully saturated rings. The lowest BCUT2D eigenvalue weighted by Gasteiger charge is -2.04. The summed E-state index contributed by atoms with van der Waals surface area (Å²) in [7, 11) is 0. The molecular weight excluding hydrogens is 164 g/mol. The number of nitro benzene ring substituents is 2. The van der Waals surface area contributed by atoms with E-state index in [1.54, 1.807) is 0 Å². The highest BCUT2D eigenvalue weighted by Crippen LogP contribution is 2.37. The fraction of sp³-hybridized carbons (Fsp3) is 0. The van der Waals surface area contributed by atoms with Gasteiger partial charge in [-0.15, -0.1) is 0 Å². The zero-order valence-electron chi connectivity index (χ0n) is 5.68. The molecule has 0 spiro atoms. The summed E-state index contributed by atoms with van der Waals surface area (Å²) in [5, 5.41) is 21.3. The van der Waals surface area contributed by atoms with E-state index in [9.17, 15) is 20.2 Å². The number of hydrogen-bond donors (Lipinski definition) is 0. The summed E-state index contributed by atoms with van der Waals surface area (Å²) in [6, 6.07) is 3.00. The normalized spacial score (nSPS) is 11.0. The Hall–Kier alpha value is -1.98. The van der Waals surface area contributed by atoms with Crippen molar-refractivity contribution in [2.45, 2.75) is 0 Å². The van der Waals surface area contributed by atoms with Crippen molar-refractivity contribution in [1.29, 1.82) is 0 Å². The van der Waals surface area contributed by atoms with E-state index in [4.69, 9.17) is 0 Å². The second kappa shape index (κ2) is 1.79. The lowest BCUT2D eigenvalue weighted by atomic mass is 10.0. The largest absolute Gasteiger partial charge is 0.354 e. The van der Waals surface area contributed by atoms with Gasteiger partial charge >= 0.3 is 11.4 Å². The summed E-state index contributed by atoms with van der Waals surface area (Å²) < 4.78 is 0. The van der Waals surface area contributed by atoms with E-state index >= 15 is 0 Å². The molecule has 6 heteroatoms. The van der Waals surface area contributed by atoms with Crippen molar-refractivity contribution < 1.29 is 9.85 Å². The summed E-state index contributed by atoms with van der Waals surface area (Å²) in [5.74, 6) is 0. The minimum absolute atomic E-state index is 0.363. The molecule has 2 aliphatic carbocycles. The second-order valence-electron chi connectivity index (χ2n) is 2.37. The van der Waals surface area contributed by atoms with Crippen LogP contribution in [0.1, 0.15) is 0 Å². The first-order chi connectivity index (χ1) is 5.63. The Morgan fingerprint density at radius 1 is 0.917 bits per heavy atom. The Bertz CT molecular complexity index is 448. The molecule has 0 atom stereocenters. The quantitative estimate of drug-likeness (QED) is 0.493. The summed E-state index contributed by atoms with van der Waals surface area (Å²) in [5.41, 5.74) is -0.727. The van der Waals surface area contributed by atoms with Gasteiger partial charge < -0.3 is 0 Å². The first-order valence-electron chi connectivity index (χ1n) is 3.09. The number of nitrogens with zero attached hydrogens (tertiary/aromatic N) is 2. The van der Waals surface area contributed by atoms with Crippen LogP contribution in [0.4, 0.5) is 11.4 Å². The van der Waals surface area contributed by atoms with E-state index in [2.05, 4.69) is 0 Å². The third-order valence-corrected chi connectivity index (χ3v) is 1.81. The Morgan fingerprint density at radius 3 is 1.42 bits per heavy atom. The van der Waals surface area contributed by atoms with Crippen molar-refractivity contribution >= 4 is 11.4 Å². The Balaban J connectivity index is 2.68. The van der Waals surface area contributed by atoms with Gasteiger partial charge in [0.15, 0.2) is 0 Å². The van der Waals surface area contributed by atoms with E-state index < -0.39 is 9.85 Å². The van der Waals surface area contributed by atoms with Gasteiger partial charge in [-0.3, -0.25) is 20.2 Å². The highest BCUT2D eigenvalue weighted by atomic mass is 16.6. The molecule has 2 rings (SSSR count). The van der Waals surface area contributed by atoms with Crippen LogP contribution in [-0.2, 0) is 0 Å². The van der Waals surface area contributed by atoms with Crippen LogP contribution in [0.25, 0.3) is 0 Å². The van der Waals surface area contributed by atoms with Crippen LogP contribution in [0.5, 0.6) is 0 Å². The molecule has 0 bridgehead atoms. The van der Waals surface area contributed by atoms with Crippen molar-refractivity contribution in [3.05, 3.63) is 42.8 Å². The highest BCUT2D eigenvalue weighted by molar-refractivity contribution is 5.64. The smallest absolute Gasteiger partial charge is 0.258 e. The molecule has 60 valence electrons. The molecule has 12 heavy (non-hydrogen) atoms. The van der Waals surface area contributed by atoms with Gasteiger partial charge in [0.25, 0.3) is 0 Å². The molecule has 0 amide bonds. The maximum Gasteiger partial charge on any atom is 0.354 e. The number of nitro groups is 2. The maximum atomic E-state index is 10.3. The van der Waals surface area contributed by atoms with E-state index in [0.717, 1.165) is 0 Å². The van der Waals surface area contributed by atoms with E-state index in [0.29, 0.717) is 10.4 Å². The van der Waals surface area contributed by atoms with Crippen LogP contribution in [0, 0.1) is 30.7 Å². The molecule has 0 unspecified atom stereocenters. The summed E-state index contributed by atoms with van der Waals surface area (Å²) >= 11 is 0. The molecule has 0 heterocycles. The molecule has 0 saturated carbocycles. The zero-order chi connectivity index (χ0) is 8.88. The molecule has 2 aliphatic rings. The number of benzene rings is 1. The Morgan fingerprint density at radius 2 is 1.25 bits per heavy atom. The van der Waals surface area contributed by atoms with Gasteiger partial charge in [-0.05, 0) is 12.1 Å². The van der Waals surface area contributed by atoms with Crippen molar-refractivity contribution in [2.75, 3.05) is 0 Å². The number of rotatable bonds is 2. The lowest BCUT2D eigenvalue weighted by molar-refractivity contribution is -0.426. The van der Waals surface area contributed by atoms with Crippen LogP contribution < -0.4 is 0 Å². The fourth-order valence-electron chi connectivity index (χ4n) is 1.23. The summed E-state index contributed by atoms with van der Waals surface area (Å²) in [6.07, 6.45) is 0. The highest BCUT2D eigenvalue weighted by Gasteiger charge is 2.35. The predicted molar refractivity (Wildman–Crippen MR) is 37.4 cm³/mol. The van der Waals surface area contributed by atoms with Crippen LogP contribution in [0.15, 0.2) is 12.1 Å². The van der Waals surface area contributed by atoms with Gasteiger partial charge in [0.05, 0.1) is 20.3 Å². The van der Waals surface area contributed by atoms with E-state index in [-0.39, 0.29) is 11.4 Å². The molecule has 0 aromatic heterocycles. The average molecular weight is 166 g/mol. The van der Waals surface area contributed by atoms with Crippen LogP contribution >= 0.6 is 0 Å². The first kappa shape index (κ1) is 6.71. The second-order valence-corrected chi connectivity index (χ2v) is 2.37. The third-order valence-electron chi connectivity index (χ3n) is 1.81. The zero-order valence-corrected chi connectivity index (χ0v) is 5.68. The topological polar surface area (TPSA) is 86.3 Å². The SMILES string of the molecule is O=[N+]([O-])c1c([N+](=O)[O-])c2ccc1=2. The summed E-state index contributed by atoms with van der Waals surface area (Å²) in [4.78, 5) is 19.1. The van der Waals surface area contributed by atoms with Crippen molar-refractivity contribution in [1.82, 2.24) is 0 Å². The molecule has 0 N–H and O–H groups in total. The first-order valence-corrected chi connectivity index (χ1v) is 3.09. The maximum absolute atomic E-state index is 10.3. The predicted octanol–water partition coefficient (Wildman–Crippen LogP) is 1.10. The third kappa shape index (κ3) is 0.541. The summed E-state index contributed by atoms with van der Waals surface area (Å²) in [6.45, 7) is 0. The van der Waals surface area contributed by atoms with Gasteiger partial charge in [-0.1, -0.05) is 0 Å². The standard InChI is InChI=1S/C6H2N2O4/c9-7(10)5-3-1-2-4(3)6(5)8(11)12/h1-2H. The Labute approximate surface area is 65.0 Å². The lowest BCUT2D eigenvalue weighted by Crippen LogP contribution is -2.05.